The van der Waals surface area contributed by atoms with E-state index in [0.717, 1.165) is 6.08 Å². The number of carboxylic acid groups (broad SMARTS) is 1. The minimum Gasteiger partial charge on any atom is -0.504 e. The fourth-order valence-electron chi connectivity index (χ4n) is 2.25. The summed E-state index contributed by atoms with van der Waals surface area (Å²) < 4.78 is 10.4. The Kier molecular flexibility index (Phi) is 6.61. The van der Waals surface area contributed by atoms with Crippen LogP contribution in [-0.2, 0) is 9.53 Å². The molecule has 136 valence electrons. The number of para-hydroxylation sites is 1. The van der Waals surface area contributed by atoms with Crippen LogP contribution in [0.5, 0.6) is 11.5 Å². The average molecular weight is 357 g/mol. The molecule has 0 radical (unpaired) electrons. The summed E-state index contributed by atoms with van der Waals surface area (Å²) in [5, 5.41) is 21.2. The van der Waals surface area contributed by atoms with Crippen LogP contribution in [0.3, 0.4) is 0 Å². The zero-order chi connectivity index (χ0) is 18.9. The molecule has 7 heteroatoms. The summed E-state index contributed by atoms with van der Waals surface area (Å²) in [6, 6.07) is 13.3. The Labute approximate surface area is 150 Å². The maximum atomic E-state index is 12.1. The van der Waals surface area contributed by atoms with Gasteiger partial charge in [-0.2, -0.15) is 0 Å². The first-order valence-corrected chi connectivity index (χ1v) is 7.78. The lowest BCUT2D eigenvalue weighted by atomic mass is 10.1. The third kappa shape index (κ3) is 5.55. The number of aliphatic carboxylic acids is 1. The average Bonchev–Trinajstić information content (AvgIpc) is 2.61. The highest BCUT2D eigenvalue weighted by Crippen LogP contribution is 2.31. The van der Waals surface area contributed by atoms with Crippen LogP contribution >= 0.6 is 0 Å². The molecule has 0 aliphatic heterocycles. The maximum absolute atomic E-state index is 12.1. The van der Waals surface area contributed by atoms with Gasteiger partial charge in [0.05, 0.1) is 7.11 Å². The number of phenolic OH excluding ortho intramolecular Hbond substituents is 1. The summed E-state index contributed by atoms with van der Waals surface area (Å²) in [7, 11) is 1.42. The Hall–Kier alpha value is -3.48. The number of carbonyl (C=O) groups is 2. The molecule has 0 spiro atoms. The molecule has 26 heavy (non-hydrogen) atoms. The number of nitrogens with one attached hydrogen (secondary N) is 1. The number of benzene rings is 2. The van der Waals surface area contributed by atoms with Crippen LogP contribution in [0.4, 0.5) is 10.5 Å². The Bertz CT molecular complexity index is 788. The van der Waals surface area contributed by atoms with Crippen LogP contribution in [0.25, 0.3) is 0 Å². The van der Waals surface area contributed by atoms with Crippen molar-refractivity contribution < 1.29 is 29.3 Å². The second kappa shape index (κ2) is 9.12. The van der Waals surface area contributed by atoms with Gasteiger partial charge in [0, 0.05) is 18.2 Å². The van der Waals surface area contributed by atoms with Crippen molar-refractivity contribution in [2.24, 2.45) is 0 Å². The lowest BCUT2D eigenvalue weighted by molar-refractivity contribution is -0.131. The number of hydrogen-bond donors (Lipinski definition) is 3. The van der Waals surface area contributed by atoms with E-state index in [4.69, 9.17) is 14.6 Å². The first-order chi connectivity index (χ1) is 12.5. The van der Waals surface area contributed by atoms with Gasteiger partial charge in [0.1, 0.15) is 6.10 Å². The molecule has 0 aliphatic carbocycles. The number of anilines is 1. The molecule has 3 N–H and O–H groups in total. The smallest absolute Gasteiger partial charge is 0.412 e. The highest BCUT2D eigenvalue weighted by molar-refractivity contribution is 5.84. The zero-order valence-electron chi connectivity index (χ0n) is 14.1. The van der Waals surface area contributed by atoms with Gasteiger partial charge in [-0.05, 0) is 29.8 Å². The lowest BCUT2D eigenvalue weighted by Crippen LogP contribution is -2.17. The van der Waals surface area contributed by atoms with Crippen LogP contribution in [0.1, 0.15) is 18.1 Å². The van der Waals surface area contributed by atoms with E-state index in [2.05, 4.69) is 5.32 Å². The highest BCUT2D eigenvalue weighted by atomic mass is 16.6. The number of aromatic hydroxyl groups is 1. The van der Waals surface area contributed by atoms with Gasteiger partial charge < -0.3 is 19.7 Å². The second-order valence-electron chi connectivity index (χ2n) is 5.29. The van der Waals surface area contributed by atoms with Gasteiger partial charge in [-0.15, -0.1) is 0 Å². The van der Waals surface area contributed by atoms with Crippen molar-refractivity contribution in [1.29, 1.82) is 0 Å². The summed E-state index contributed by atoms with van der Waals surface area (Å²) in [6.45, 7) is 0. The molecule has 1 atom stereocenters. The monoisotopic (exact) mass is 357 g/mol. The quantitative estimate of drug-likeness (QED) is 0.652. The molecule has 7 nitrogen and oxygen atoms in total. The predicted molar refractivity (Wildman–Crippen MR) is 95.3 cm³/mol. The molecule has 0 aromatic heterocycles. The van der Waals surface area contributed by atoms with Crippen molar-refractivity contribution in [2.45, 2.75) is 12.5 Å². The van der Waals surface area contributed by atoms with Crippen molar-refractivity contribution >= 4 is 17.7 Å². The van der Waals surface area contributed by atoms with Gasteiger partial charge in [0.25, 0.3) is 0 Å². The second-order valence-corrected chi connectivity index (χ2v) is 5.29. The van der Waals surface area contributed by atoms with Crippen LogP contribution < -0.4 is 10.1 Å². The van der Waals surface area contributed by atoms with Gasteiger partial charge >= 0.3 is 12.1 Å². The van der Waals surface area contributed by atoms with Crippen LogP contribution in [0, 0.1) is 0 Å². The molecular formula is C19H19NO6. The first-order valence-electron chi connectivity index (χ1n) is 7.78. The molecule has 2 rings (SSSR count). The molecule has 2 aromatic rings. The summed E-state index contributed by atoms with van der Waals surface area (Å²) in [5.41, 5.74) is 1.07. The van der Waals surface area contributed by atoms with Crippen LogP contribution in [0.2, 0.25) is 0 Å². The highest BCUT2D eigenvalue weighted by Gasteiger charge is 2.18. The van der Waals surface area contributed by atoms with E-state index in [0.29, 0.717) is 11.3 Å². The summed E-state index contributed by atoms with van der Waals surface area (Å²) in [6.07, 6.45) is 0.991. The van der Waals surface area contributed by atoms with E-state index in [1.807, 2.05) is 6.07 Å². The summed E-state index contributed by atoms with van der Waals surface area (Å²) >= 11 is 0. The third-order valence-corrected chi connectivity index (χ3v) is 3.45. The third-order valence-electron chi connectivity index (χ3n) is 3.45. The Morgan fingerprint density at radius 3 is 2.54 bits per heavy atom. The van der Waals surface area contributed by atoms with Gasteiger partial charge in [0.2, 0.25) is 0 Å². The minimum absolute atomic E-state index is 0.107. The molecule has 0 saturated carbocycles. The van der Waals surface area contributed by atoms with E-state index < -0.39 is 18.2 Å². The van der Waals surface area contributed by atoms with E-state index in [1.54, 1.807) is 30.3 Å². The molecule has 0 saturated heterocycles. The number of ether oxygens (including phenoxy) is 2. The van der Waals surface area contributed by atoms with Crippen molar-refractivity contribution in [3.05, 3.63) is 66.2 Å². The van der Waals surface area contributed by atoms with E-state index in [1.165, 1.54) is 25.3 Å². The number of rotatable bonds is 7. The van der Waals surface area contributed by atoms with E-state index in [-0.39, 0.29) is 17.9 Å². The Morgan fingerprint density at radius 1 is 1.19 bits per heavy atom. The van der Waals surface area contributed by atoms with Crippen molar-refractivity contribution in [1.82, 2.24) is 0 Å². The van der Waals surface area contributed by atoms with Crippen LogP contribution in [-0.4, -0.2) is 29.4 Å². The predicted octanol–water partition coefficient (Wildman–Crippen LogP) is 3.72. The number of amides is 1. The largest absolute Gasteiger partial charge is 0.504 e. The molecule has 1 amide bonds. The number of carbonyl (C=O) groups excluding carboxylic acids is 1. The normalized spacial score (nSPS) is 11.7. The SMILES string of the molecule is COc1ccc([C@H](C/C=C/C(=O)O)OC(=O)Nc2ccccc2)cc1O. The van der Waals surface area contributed by atoms with E-state index >= 15 is 0 Å². The summed E-state index contributed by atoms with van der Waals surface area (Å²) in [5.74, 6) is -0.929. The molecular weight excluding hydrogens is 338 g/mol. The molecule has 0 bridgehead atoms. The maximum Gasteiger partial charge on any atom is 0.412 e. The van der Waals surface area contributed by atoms with Crippen LogP contribution in [0.15, 0.2) is 60.7 Å². The van der Waals surface area contributed by atoms with Gasteiger partial charge in [-0.25, -0.2) is 9.59 Å². The zero-order valence-corrected chi connectivity index (χ0v) is 14.1. The van der Waals surface area contributed by atoms with Gasteiger partial charge in [0.15, 0.2) is 11.5 Å². The van der Waals surface area contributed by atoms with Crippen molar-refractivity contribution in [3.63, 3.8) is 0 Å². The van der Waals surface area contributed by atoms with E-state index in [9.17, 15) is 14.7 Å². The van der Waals surface area contributed by atoms with Crippen molar-refractivity contribution in [3.8, 4) is 11.5 Å². The molecule has 0 aliphatic rings. The molecule has 0 unspecified atom stereocenters. The number of methoxy groups -OCH3 is 1. The lowest BCUT2D eigenvalue weighted by Gasteiger charge is -2.18. The van der Waals surface area contributed by atoms with Crippen molar-refractivity contribution in [2.75, 3.05) is 12.4 Å². The molecule has 0 fully saturated rings. The Morgan fingerprint density at radius 2 is 1.92 bits per heavy atom. The number of phenols is 1. The topological polar surface area (TPSA) is 105 Å². The number of carboxylic acids is 1. The minimum atomic E-state index is -1.10. The molecule has 0 heterocycles. The first kappa shape index (κ1) is 18.9. The number of hydrogen-bond acceptors (Lipinski definition) is 5. The summed E-state index contributed by atoms with van der Waals surface area (Å²) in [4.78, 5) is 22.8. The van der Waals surface area contributed by atoms with Gasteiger partial charge in [-0.3, -0.25) is 5.32 Å². The Balaban J connectivity index is 2.16. The molecule has 2 aromatic carbocycles. The van der Waals surface area contributed by atoms with Gasteiger partial charge in [-0.1, -0.05) is 30.3 Å². The fourth-order valence-corrected chi connectivity index (χ4v) is 2.25. The fraction of sp³-hybridized carbons (Fsp3) is 0.158. The standard InChI is InChI=1S/C19H19NO6/c1-25-17-11-10-13(12-15(17)21)16(8-5-9-18(22)23)26-19(24)20-14-6-3-2-4-7-14/h2-7,9-12,16,21H,8H2,1H3,(H,20,24)(H,22,23)/b9-5+/t16-/m0/s1.